The number of rotatable bonds is 6. The third-order valence-corrected chi connectivity index (χ3v) is 4.41. The molecule has 0 atom stereocenters. The Morgan fingerprint density at radius 2 is 2.17 bits per heavy atom. The van der Waals surface area contributed by atoms with Crippen LogP contribution in [0.5, 0.6) is 0 Å². The molecule has 98 valence electrons. The molecule has 1 amide bonds. The summed E-state index contributed by atoms with van der Waals surface area (Å²) in [5.41, 5.74) is 0. The van der Waals surface area contributed by atoms with Gasteiger partial charge in [-0.05, 0) is 24.5 Å². The number of nitrogens with one attached hydrogen (secondary N) is 1. The lowest BCUT2D eigenvalue weighted by molar-refractivity contribution is -0.121. The average molecular weight is 267 g/mol. The molecule has 0 aromatic carbocycles. The van der Waals surface area contributed by atoms with Gasteiger partial charge in [0.05, 0.1) is 6.54 Å². The Kier molecular flexibility index (Phi) is 4.36. The molecule has 0 radical (unpaired) electrons. The van der Waals surface area contributed by atoms with Crippen LogP contribution in [0.15, 0.2) is 12.1 Å². The summed E-state index contributed by atoms with van der Waals surface area (Å²) in [5, 5.41) is 11.6. The van der Waals surface area contributed by atoms with E-state index in [1.165, 1.54) is 30.6 Å². The van der Waals surface area contributed by atoms with Crippen LogP contribution in [0.2, 0.25) is 0 Å². The van der Waals surface area contributed by atoms with Crippen LogP contribution < -0.4 is 5.32 Å². The van der Waals surface area contributed by atoms with Gasteiger partial charge < -0.3 is 10.4 Å². The fourth-order valence-electron chi connectivity index (χ4n) is 1.98. The van der Waals surface area contributed by atoms with Crippen molar-refractivity contribution in [2.75, 3.05) is 0 Å². The van der Waals surface area contributed by atoms with Gasteiger partial charge in [-0.2, -0.15) is 0 Å². The predicted molar refractivity (Wildman–Crippen MR) is 69.7 cm³/mol. The first-order valence-electron chi connectivity index (χ1n) is 6.24. The maximum atomic E-state index is 11.6. The molecule has 0 unspecified atom stereocenters. The molecule has 1 aliphatic carbocycles. The fraction of sp³-hybridized carbons (Fsp3) is 0.538. The van der Waals surface area contributed by atoms with E-state index in [9.17, 15) is 9.59 Å². The summed E-state index contributed by atoms with van der Waals surface area (Å²) in [5.74, 6) is -0.106. The molecule has 5 heteroatoms. The van der Waals surface area contributed by atoms with Crippen LogP contribution in [0.1, 0.15) is 46.7 Å². The van der Waals surface area contributed by atoms with Crippen molar-refractivity contribution in [2.45, 2.75) is 38.6 Å². The molecule has 0 spiro atoms. The zero-order valence-corrected chi connectivity index (χ0v) is 11.0. The van der Waals surface area contributed by atoms with E-state index < -0.39 is 5.97 Å². The Balaban J connectivity index is 1.69. The van der Waals surface area contributed by atoms with Crippen molar-refractivity contribution in [3.63, 3.8) is 0 Å². The minimum atomic E-state index is -0.914. The Bertz CT molecular complexity index is 437. The van der Waals surface area contributed by atoms with Crippen molar-refractivity contribution in [3.8, 4) is 0 Å². The zero-order valence-electron chi connectivity index (χ0n) is 10.1. The maximum absolute atomic E-state index is 11.6. The lowest BCUT2D eigenvalue weighted by atomic mass is 9.82. The second kappa shape index (κ2) is 6.00. The maximum Gasteiger partial charge on any atom is 0.345 e. The van der Waals surface area contributed by atoms with E-state index in [0.29, 0.717) is 17.8 Å². The fourth-order valence-corrected chi connectivity index (χ4v) is 2.76. The number of carbonyl (C=O) groups is 2. The topological polar surface area (TPSA) is 66.4 Å². The molecule has 0 saturated heterocycles. The van der Waals surface area contributed by atoms with Gasteiger partial charge in [0, 0.05) is 11.3 Å². The molecule has 1 aromatic heterocycles. The van der Waals surface area contributed by atoms with E-state index >= 15 is 0 Å². The number of hydrogen-bond donors (Lipinski definition) is 2. The Morgan fingerprint density at radius 3 is 2.72 bits per heavy atom. The van der Waals surface area contributed by atoms with Crippen molar-refractivity contribution in [1.82, 2.24) is 5.32 Å². The molecule has 2 N–H and O–H groups in total. The minimum absolute atomic E-state index is 0.0622. The summed E-state index contributed by atoms with van der Waals surface area (Å²) in [7, 11) is 0. The Morgan fingerprint density at radius 1 is 1.39 bits per heavy atom. The van der Waals surface area contributed by atoms with E-state index in [0.717, 1.165) is 17.2 Å². The normalized spacial score (nSPS) is 15.1. The van der Waals surface area contributed by atoms with Crippen LogP contribution >= 0.6 is 11.3 Å². The van der Waals surface area contributed by atoms with Gasteiger partial charge in [-0.15, -0.1) is 11.3 Å². The molecule has 1 aromatic rings. The second-order valence-electron chi connectivity index (χ2n) is 4.68. The quantitative estimate of drug-likeness (QED) is 0.832. The standard InChI is InChI=1S/C13H17NO3S/c15-12(7-4-9-2-1-3-9)14-8-10-5-6-11(18-10)13(16)17/h5-6,9H,1-4,7-8H2,(H,14,15)(H,16,17). The molecular weight excluding hydrogens is 250 g/mol. The van der Waals surface area contributed by atoms with Gasteiger partial charge >= 0.3 is 5.97 Å². The number of hydrogen-bond acceptors (Lipinski definition) is 3. The molecular formula is C13H17NO3S. The van der Waals surface area contributed by atoms with E-state index in [-0.39, 0.29) is 5.91 Å². The highest BCUT2D eigenvalue weighted by Crippen LogP contribution is 2.30. The summed E-state index contributed by atoms with van der Waals surface area (Å²) in [4.78, 5) is 23.5. The summed E-state index contributed by atoms with van der Waals surface area (Å²) in [6.07, 6.45) is 5.40. The van der Waals surface area contributed by atoms with Crippen molar-refractivity contribution >= 4 is 23.2 Å². The van der Waals surface area contributed by atoms with E-state index in [4.69, 9.17) is 5.11 Å². The van der Waals surface area contributed by atoms with Gasteiger partial charge in [-0.3, -0.25) is 4.79 Å². The van der Waals surface area contributed by atoms with Crippen LogP contribution in [-0.4, -0.2) is 17.0 Å². The summed E-state index contributed by atoms with van der Waals surface area (Å²) >= 11 is 1.21. The second-order valence-corrected chi connectivity index (χ2v) is 5.85. The number of amides is 1. The van der Waals surface area contributed by atoms with Crippen molar-refractivity contribution in [3.05, 3.63) is 21.9 Å². The Hall–Kier alpha value is -1.36. The highest BCUT2D eigenvalue weighted by atomic mass is 32.1. The molecule has 1 fully saturated rings. The number of thiophene rings is 1. The lowest BCUT2D eigenvalue weighted by Crippen LogP contribution is -2.23. The molecule has 18 heavy (non-hydrogen) atoms. The average Bonchev–Trinajstić information content (AvgIpc) is 2.73. The highest BCUT2D eigenvalue weighted by Gasteiger charge is 2.18. The Labute approximate surface area is 110 Å². The van der Waals surface area contributed by atoms with Crippen LogP contribution in [0, 0.1) is 5.92 Å². The molecule has 1 aliphatic rings. The van der Waals surface area contributed by atoms with Gasteiger partial charge in [-0.1, -0.05) is 19.3 Å². The van der Waals surface area contributed by atoms with Crippen molar-refractivity contribution < 1.29 is 14.7 Å². The van der Waals surface area contributed by atoms with E-state index in [2.05, 4.69) is 5.32 Å². The largest absolute Gasteiger partial charge is 0.477 e. The number of carboxylic acids is 1. The first-order chi connectivity index (χ1) is 8.65. The molecule has 0 bridgehead atoms. The third kappa shape index (κ3) is 3.57. The SMILES string of the molecule is O=C(CCC1CCC1)NCc1ccc(C(=O)O)s1. The molecule has 2 rings (SSSR count). The van der Waals surface area contributed by atoms with Crippen LogP contribution in [0.25, 0.3) is 0 Å². The number of carbonyl (C=O) groups excluding carboxylic acids is 1. The van der Waals surface area contributed by atoms with E-state index in [1.54, 1.807) is 12.1 Å². The monoisotopic (exact) mass is 267 g/mol. The summed E-state index contributed by atoms with van der Waals surface area (Å²) < 4.78 is 0. The first kappa shape index (κ1) is 13.1. The number of aromatic carboxylic acids is 1. The number of carboxylic acid groups (broad SMARTS) is 1. The van der Waals surface area contributed by atoms with Gasteiger partial charge in [0.1, 0.15) is 4.88 Å². The molecule has 1 heterocycles. The zero-order chi connectivity index (χ0) is 13.0. The molecule has 4 nitrogen and oxygen atoms in total. The third-order valence-electron chi connectivity index (χ3n) is 3.34. The predicted octanol–water partition coefficient (Wildman–Crippen LogP) is 2.64. The smallest absolute Gasteiger partial charge is 0.345 e. The molecule has 1 saturated carbocycles. The van der Waals surface area contributed by atoms with Gasteiger partial charge in [0.15, 0.2) is 0 Å². The van der Waals surface area contributed by atoms with Gasteiger partial charge in [0.2, 0.25) is 5.91 Å². The van der Waals surface area contributed by atoms with Crippen LogP contribution in [0.3, 0.4) is 0 Å². The highest BCUT2D eigenvalue weighted by molar-refractivity contribution is 7.13. The lowest BCUT2D eigenvalue weighted by Gasteiger charge is -2.24. The first-order valence-corrected chi connectivity index (χ1v) is 7.05. The van der Waals surface area contributed by atoms with Crippen LogP contribution in [0.4, 0.5) is 0 Å². The minimum Gasteiger partial charge on any atom is -0.477 e. The van der Waals surface area contributed by atoms with Crippen molar-refractivity contribution in [2.24, 2.45) is 5.92 Å². The summed E-state index contributed by atoms with van der Waals surface area (Å²) in [6.45, 7) is 0.432. The van der Waals surface area contributed by atoms with Gasteiger partial charge in [0.25, 0.3) is 0 Å². The summed E-state index contributed by atoms with van der Waals surface area (Å²) in [6, 6.07) is 3.32. The molecule has 0 aliphatic heterocycles. The van der Waals surface area contributed by atoms with Crippen LogP contribution in [-0.2, 0) is 11.3 Å². The van der Waals surface area contributed by atoms with Gasteiger partial charge in [-0.25, -0.2) is 4.79 Å². The van der Waals surface area contributed by atoms with Crippen molar-refractivity contribution in [1.29, 1.82) is 0 Å². The van der Waals surface area contributed by atoms with E-state index in [1.807, 2.05) is 0 Å².